The molecule has 2 atom stereocenters. The summed E-state index contributed by atoms with van der Waals surface area (Å²) < 4.78 is 4.19. The molecule has 0 fully saturated rings. The van der Waals surface area contributed by atoms with Crippen LogP contribution in [0.15, 0.2) is 95.6 Å². The molecule has 280 valence electrons. The van der Waals surface area contributed by atoms with E-state index >= 15 is 0 Å². The van der Waals surface area contributed by atoms with Gasteiger partial charge in [0.05, 0.1) is 27.5 Å². The summed E-state index contributed by atoms with van der Waals surface area (Å²) in [4.78, 5) is 41.5. The highest BCUT2D eigenvalue weighted by molar-refractivity contribution is 6.39. The number of nitrogens with zero attached hydrogens (tertiary/aromatic N) is 2. The minimum Gasteiger partial charge on any atom is -0.481 e. The number of nitrogens with two attached hydrogens (primary N) is 1. The fourth-order valence-electron chi connectivity index (χ4n) is 4.44. The molecule has 17 heteroatoms. The van der Waals surface area contributed by atoms with E-state index in [1.807, 2.05) is 19.1 Å². The second kappa shape index (κ2) is 22.0. The molecule has 1 aliphatic heterocycles. The van der Waals surface area contributed by atoms with Crippen LogP contribution in [0, 0.1) is 5.92 Å². The zero-order chi connectivity index (χ0) is 39.8. The maximum Gasteiger partial charge on any atom is 0.352 e. The van der Waals surface area contributed by atoms with Crippen molar-refractivity contribution in [3.8, 4) is 0 Å². The van der Waals surface area contributed by atoms with Crippen LogP contribution in [0.5, 0.6) is 0 Å². The third-order valence-corrected chi connectivity index (χ3v) is 8.38. The molecule has 11 nitrogen and oxygen atoms in total. The molecule has 5 N–H and O–H groups in total. The van der Waals surface area contributed by atoms with Crippen molar-refractivity contribution < 1.29 is 34.1 Å². The van der Waals surface area contributed by atoms with Crippen LogP contribution in [-0.2, 0) is 23.9 Å². The van der Waals surface area contributed by atoms with Crippen LogP contribution in [0.2, 0.25) is 30.1 Å². The van der Waals surface area contributed by atoms with E-state index in [0.717, 1.165) is 18.1 Å². The van der Waals surface area contributed by atoms with E-state index in [1.54, 1.807) is 90.8 Å². The third-order valence-electron chi connectivity index (χ3n) is 6.79. The number of nitrogen functional groups attached to an aromatic ring is 1. The van der Waals surface area contributed by atoms with E-state index in [4.69, 9.17) is 85.3 Å². The van der Waals surface area contributed by atoms with Gasteiger partial charge in [-0.15, -0.1) is 0 Å². The lowest BCUT2D eigenvalue weighted by Crippen LogP contribution is -2.26. The van der Waals surface area contributed by atoms with E-state index in [9.17, 15) is 19.5 Å². The van der Waals surface area contributed by atoms with Crippen LogP contribution < -0.4 is 16.3 Å². The highest BCUT2D eigenvalue weighted by atomic mass is 35.5. The number of carbonyl (C=O) groups excluding carboxylic acids is 2. The van der Waals surface area contributed by atoms with Gasteiger partial charge in [0.15, 0.2) is 5.71 Å². The maximum absolute atomic E-state index is 11.5. The van der Waals surface area contributed by atoms with Crippen molar-refractivity contribution in [1.29, 1.82) is 0 Å². The summed E-state index contributed by atoms with van der Waals surface area (Å²) >= 11 is 35.2. The summed E-state index contributed by atoms with van der Waals surface area (Å²) in [5.74, 6) is 2.27. The van der Waals surface area contributed by atoms with Gasteiger partial charge in [-0.3, -0.25) is 20.4 Å². The number of carbonyl (C=O) groups is 4. The third kappa shape index (κ3) is 14.5. The number of ether oxygens (including phenoxy) is 1. The van der Waals surface area contributed by atoms with Crippen molar-refractivity contribution in [3.05, 3.63) is 132 Å². The predicted molar refractivity (Wildman–Crippen MR) is 212 cm³/mol. The molecular formula is C36H32Cl6N4O7. The minimum atomic E-state index is -1.05. The molecule has 0 bridgehead atoms. The Labute approximate surface area is 335 Å². The number of hydrogen-bond donors (Lipinski definition) is 4. The molecule has 0 saturated heterocycles. The molecule has 0 radical (unpaired) electrons. The van der Waals surface area contributed by atoms with Gasteiger partial charge >= 0.3 is 18.4 Å². The molecule has 0 saturated carbocycles. The highest BCUT2D eigenvalue weighted by Crippen LogP contribution is 2.42. The summed E-state index contributed by atoms with van der Waals surface area (Å²) in [5, 5.41) is 26.1. The smallest absolute Gasteiger partial charge is 0.352 e. The highest BCUT2D eigenvalue weighted by Gasteiger charge is 2.40. The molecule has 53 heavy (non-hydrogen) atoms. The number of halogens is 6. The molecule has 4 aromatic carbocycles. The Bertz CT molecular complexity index is 1960. The summed E-state index contributed by atoms with van der Waals surface area (Å²) in [6, 6.07) is 24.0. The Morgan fingerprint density at radius 1 is 0.792 bits per heavy atom. The zero-order valence-electron chi connectivity index (χ0n) is 28.1. The van der Waals surface area contributed by atoms with E-state index in [1.165, 1.54) is 0 Å². The number of benzene rings is 4. The Morgan fingerprint density at radius 2 is 1.28 bits per heavy atom. The standard InChI is InChI=1S/C17H13Cl3N2O2.C11H9ClO3.C6H6Cl2N2.C2H4O2/c1-9-15(17(23)24)21-22(14-7-6-12(19)8-13(14)20)16(9)10-2-4-11(18)5-3-10;1-8(11(14)15-7-13)6-9-2-4-10(12)5-3-9;7-4-1-2-6(10-9)5(8)3-4;1-2(3)4/h2-9,16H,1H3,(H,23,24);2-7H,1H3;1-3,10H,9H2;1H3,(H,3,4)/b;8-6+;;/t9-,16+;;;/m0.../s1. The second-order valence-corrected chi connectivity index (χ2v) is 13.2. The van der Waals surface area contributed by atoms with Crippen molar-refractivity contribution in [2.24, 2.45) is 16.9 Å². The minimum absolute atomic E-state index is 0.0842. The van der Waals surface area contributed by atoms with Gasteiger partial charge in [-0.2, -0.15) is 5.10 Å². The molecule has 4 aromatic rings. The van der Waals surface area contributed by atoms with Crippen molar-refractivity contribution in [1.82, 2.24) is 0 Å². The molecule has 0 amide bonds. The lowest BCUT2D eigenvalue weighted by molar-refractivity contribution is -0.148. The summed E-state index contributed by atoms with van der Waals surface area (Å²) in [6.45, 7) is 4.60. The monoisotopic (exact) mass is 842 g/mol. The fourth-order valence-corrected chi connectivity index (χ4v) is 5.65. The molecule has 1 aliphatic rings. The number of nitrogens with one attached hydrogen (secondary N) is 1. The Hall–Kier alpha value is -4.33. The van der Waals surface area contributed by atoms with Gasteiger partial charge in [0.25, 0.3) is 5.97 Å². The van der Waals surface area contributed by atoms with Gasteiger partial charge in [-0.25, -0.2) is 9.59 Å². The van der Waals surface area contributed by atoms with E-state index in [2.05, 4.69) is 15.3 Å². The maximum atomic E-state index is 11.5. The van der Waals surface area contributed by atoms with Gasteiger partial charge in [0.1, 0.15) is 0 Å². The van der Waals surface area contributed by atoms with Crippen LogP contribution in [0.25, 0.3) is 6.08 Å². The molecule has 0 unspecified atom stereocenters. The predicted octanol–water partition coefficient (Wildman–Crippen LogP) is 10.1. The van der Waals surface area contributed by atoms with Crippen LogP contribution >= 0.6 is 69.6 Å². The Kier molecular flexibility index (Phi) is 18.6. The Morgan fingerprint density at radius 3 is 1.75 bits per heavy atom. The van der Waals surface area contributed by atoms with Gasteiger partial charge < -0.3 is 20.4 Å². The summed E-state index contributed by atoms with van der Waals surface area (Å²) in [5.41, 5.74) is 5.86. The lowest BCUT2D eigenvalue weighted by atomic mass is 9.91. The topological polar surface area (TPSA) is 172 Å². The van der Waals surface area contributed by atoms with Gasteiger partial charge in [0.2, 0.25) is 0 Å². The second-order valence-electron chi connectivity index (χ2n) is 10.7. The SMILES string of the molecule is C/C(=C\c1ccc(Cl)cc1)C(=O)OC=O.CC(=O)O.C[C@H]1C(C(=O)O)=NN(c2ccc(Cl)cc2Cl)[C@H]1c1ccc(Cl)cc1.NNc1ccc(Cl)cc1Cl. The number of anilines is 2. The molecule has 0 aliphatic carbocycles. The normalized spacial score (nSPS) is 14.5. The van der Waals surface area contributed by atoms with Crippen molar-refractivity contribution in [2.75, 3.05) is 10.4 Å². The molecule has 5 rings (SSSR count). The van der Waals surface area contributed by atoms with Crippen LogP contribution in [0.3, 0.4) is 0 Å². The largest absolute Gasteiger partial charge is 0.481 e. The van der Waals surface area contributed by atoms with Crippen molar-refractivity contribution >= 4 is 117 Å². The first-order chi connectivity index (χ1) is 25.0. The summed E-state index contributed by atoms with van der Waals surface area (Å²) in [6.07, 6.45) is 1.61. The molecule has 0 aromatic heterocycles. The lowest BCUT2D eigenvalue weighted by Gasteiger charge is -2.27. The number of rotatable bonds is 7. The van der Waals surface area contributed by atoms with Gasteiger partial charge in [-0.05, 0) is 84.8 Å². The summed E-state index contributed by atoms with van der Waals surface area (Å²) in [7, 11) is 0. The molecule has 1 heterocycles. The number of hydrazine groups is 1. The van der Waals surface area contributed by atoms with Crippen LogP contribution in [-0.4, -0.2) is 40.3 Å². The number of carboxylic acid groups (broad SMARTS) is 2. The number of carboxylic acids is 2. The quantitative estimate of drug-likeness (QED) is 0.0350. The number of hydrogen-bond acceptors (Lipinski definition) is 9. The molecule has 0 spiro atoms. The van der Waals surface area contributed by atoms with E-state index in [0.29, 0.717) is 47.1 Å². The van der Waals surface area contributed by atoms with Gasteiger partial charge in [0, 0.05) is 38.5 Å². The number of esters is 1. The number of aliphatic carboxylic acids is 2. The number of hydrazone groups is 1. The van der Waals surface area contributed by atoms with E-state index < -0.39 is 17.9 Å². The average Bonchev–Trinajstić information content (AvgIpc) is 3.43. The first-order valence-corrected chi connectivity index (χ1v) is 17.3. The van der Waals surface area contributed by atoms with E-state index in [-0.39, 0.29) is 24.1 Å². The zero-order valence-corrected chi connectivity index (χ0v) is 32.6. The van der Waals surface area contributed by atoms with Crippen molar-refractivity contribution in [2.45, 2.75) is 26.8 Å². The van der Waals surface area contributed by atoms with Crippen LogP contribution in [0.1, 0.15) is 37.9 Å². The Balaban J connectivity index is 0.000000285. The van der Waals surface area contributed by atoms with Crippen molar-refractivity contribution in [3.63, 3.8) is 0 Å². The first kappa shape index (κ1) is 44.8. The van der Waals surface area contributed by atoms with Gasteiger partial charge in [-0.1, -0.05) is 101 Å². The molecular weight excluding hydrogens is 813 g/mol. The first-order valence-electron chi connectivity index (χ1n) is 15.0. The van der Waals surface area contributed by atoms with Crippen LogP contribution in [0.4, 0.5) is 11.4 Å². The fraction of sp³-hybridized carbons (Fsp3) is 0.139. The average molecular weight is 845 g/mol.